The maximum atomic E-state index is 5.65. The molecule has 3 rings (SSSR count). The molecule has 0 aliphatic carbocycles. The summed E-state index contributed by atoms with van der Waals surface area (Å²) in [6.45, 7) is 0. The molecule has 154 valence electrons. The number of para-hydroxylation sites is 3. The third-order valence-electron chi connectivity index (χ3n) is 4.90. The zero-order valence-corrected chi connectivity index (χ0v) is 17.7. The molecular formula is C25H31NO3. The van der Waals surface area contributed by atoms with Crippen molar-refractivity contribution in [3.8, 4) is 17.2 Å². The van der Waals surface area contributed by atoms with Gasteiger partial charge >= 0.3 is 0 Å². The van der Waals surface area contributed by atoms with Gasteiger partial charge in [-0.1, -0.05) is 54.6 Å². The largest absolute Gasteiger partial charge is 0.496 e. The topological polar surface area (TPSA) is 53.7 Å². The highest BCUT2D eigenvalue weighted by Gasteiger charge is 2.20. The van der Waals surface area contributed by atoms with Crippen LogP contribution in [-0.4, -0.2) is 28.4 Å². The van der Waals surface area contributed by atoms with Gasteiger partial charge in [-0.3, -0.25) is 0 Å². The van der Waals surface area contributed by atoms with Gasteiger partial charge in [-0.25, -0.2) is 0 Å². The maximum absolute atomic E-state index is 5.65. The summed E-state index contributed by atoms with van der Waals surface area (Å²) in [5, 5.41) is 0. The summed E-state index contributed by atoms with van der Waals surface area (Å²) in [5.74, 6) is 2.97. The van der Waals surface area contributed by atoms with Crippen LogP contribution >= 0.6 is 0 Å². The quantitative estimate of drug-likeness (QED) is 0.594. The molecule has 2 N–H and O–H groups in total. The van der Waals surface area contributed by atoms with Gasteiger partial charge in [-0.2, -0.15) is 0 Å². The van der Waals surface area contributed by atoms with Crippen LogP contribution in [0.25, 0.3) is 0 Å². The molecule has 0 spiro atoms. The number of hydrogen-bond donors (Lipinski definition) is 1. The first-order chi connectivity index (χ1) is 14.3. The summed E-state index contributed by atoms with van der Waals surface area (Å²) in [4.78, 5) is 0. The smallest absolute Gasteiger partial charge is 0.122 e. The first-order valence-electron chi connectivity index (χ1n) is 9.71. The predicted octanol–water partition coefficient (Wildman–Crippen LogP) is 4.86. The Morgan fingerprint density at radius 1 is 0.586 bits per heavy atom. The number of hydrogen-bond acceptors (Lipinski definition) is 4. The van der Waals surface area contributed by atoms with Gasteiger partial charge in [-0.15, -0.1) is 0 Å². The van der Waals surface area contributed by atoms with Gasteiger partial charge in [0.1, 0.15) is 17.2 Å². The van der Waals surface area contributed by atoms with E-state index in [9.17, 15) is 0 Å². The summed E-state index contributed by atoms with van der Waals surface area (Å²) in [7, 11) is 6.66. The van der Waals surface area contributed by atoms with Crippen LogP contribution in [0.2, 0.25) is 0 Å². The van der Waals surface area contributed by atoms with Gasteiger partial charge in [0.15, 0.2) is 0 Å². The van der Waals surface area contributed by atoms with E-state index < -0.39 is 0 Å². The van der Waals surface area contributed by atoms with E-state index in [1.54, 1.807) is 21.3 Å². The minimum Gasteiger partial charge on any atom is -0.496 e. The molecule has 4 heteroatoms. The van der Waals surface area contributed by atoms with Crippen LogP contribution < -0.4 is 19.9 Å². The van der Waals surface area contributed by atoms with E-state index in [1.165, 1.54) is 23.7 Å². The lowest BCUT2D eigenvalue weighted by molar-refractivity contribution is 0.396. The van der Waals surface area contributed by atoms with Crippen LogP contribution in [0.3, 0.4) is 0 Å². The summed E-state index contributed by atoms with van der Waals surface area (Å²) < 4.78 is 16.8. The Morgan fingerprint density at radius 2 is 0.966 bits per heavy atom. The second-order valence-electron chi connectivity index (χ2n) is 6.47. The van der Waals surface area contributed by atoms with Crippen LogP contribution in [0.4, 0.5) is 0 Å². The van der Waals surface area contributed by atoms with Crippen molar-refractivity contribution in [2.24, 2.45) is 5.73 Å². The number of methoxy groups -OCH3 is 3. The molecule has 0 aliphatic rings. The van der Waals surface area contributed by atoms with Gasteiger partial charge in [-0.05, 0) is 60.7 Å². The lowest BCUT2D eigenvalue weighted by Crippen LogP contribution is -2.10. The van der Waals surface area contributed by atoms with Crippen molar-refractivity contribution in [2.45, 2.75) is 18.8 Å². The lowest BCUT2D eigenvalue weighted by Gasteiger charge is -2.22. The van der Waals surface area contributed by atoms with Crippen LogP contribution in [0, 0.1) is 0 Å². The molecule has 0 aliphatic heterocycles. The van der Waals surface area contributed by atoms with Crippen molar-refractivity contribution in [3.05, 3.63) is 89.5 Å². The van der Waals surface area contributed by atoms with E-state index >= 15 is 0 Å². The SMILES string of the molecule is CN.COc1ccccc1CC(Cc1ccccc1OC)c1ccccc1OC. The highest BCUT2D eigenvalue weighted by atomic mass is 16.5. The predicted molar refractivity (Wildman–Crippen MR) is 119 cm³/mol. The first-order valence-corrected chi connectivity index (χ1v) is 9.71. The number of nitrogens with two attached hydrogens (primary N) is 1. The van der Waals surface area contributed by atoms with E-state index in [0.29, 0.717) is 0 Å². The lowest BCUT2D eigenvalue weighted by atomic mass is 9.85. The van der Waals surface area contributed by atoms with Crippen molar-refractivity contribution in [1.82, 2.24) is 0 Å². The van der Waals surface area contributed by atoms with Crippen molar-refractivity contribution in [1.29, 1.82) is 0 Å². The fourth-order valence-electron chi connectivity index (χ4n) is 3.57. The fourth-order valence-corrected chi connectivity index (χ4v) is 3.57. The van der Waals surface area contributed by atoms with Crippen LogP contribution in [0.15, 0.2) is 72.8 Å². The molecule has 0 bridgehead atoms. The number of benzene rings is 3. The molecule has 3 aromatic carbocycles. The molecule has 0 amide bonds. The van der Waals surface area contributed by atoms with Crippen molar-refractivity contribution in [2.75, 3.05) is 28.4 Å². The highest BCUT2D eigenvalue weighted by Crippen LogP contribution is 2.35. The van der Waals surface area contributed by atoms with Crippen molar-refractivity contribution in [3.63, 3.8) is 0 Å². The van der Waals surface area contributed by atoms with E-state index in [4.69, 9.17) is 14.2 Å². The van der Waals surface area contributed by atoms with Crippen LogP contribution in [0.1, 0.15) is 22.6 Å². The third kappa shape index (κ3) is 5.75. The average Bonchev–Trinajstić information content (AvgIpc) is 2.80. The van der Waals surface area contributed by atoms with E-state index in [2.05, 4.69) is 42.1 Å². The number of rotatable bonds is 8. The fraction of sp³-hybridized carbons (Fsp3) is 0.280. The second-order valence-corrected chi connectivity index (χ2v) is 6.47. The molecule has 3 aromatic rings. The van der Waals surface area contributed by atoms with Gasteiger partial charge in [0, 0.05) is 0 Å². The zero-order valence-electron chi connectivity index (χ0n) is 17.7. The zero-order chi connectivity index (χ0) is 21.1. The van der Waals surface area contributed by atoms with Gasteiger partial charge in [0.2, 0.25) is 0 Å². The van der Waals surface area contributed by atoms with Crippen LogP contribution in [0.5, 0.6) is 17.2 Å². The highest BCUT2D eigenvalue weighted by molar-refractivity contribution is 5.43. The molecule has 0 atom stereocenters. The second kappa shape index (κ2) is 11.8. The molecule has 0 saturated carbocycles. The first kappa shape index (κ1) is 22.3. The molecule has 4 nitrogen and oxygen atoms in total. The summed E-state index contributed by atoms with van der Waals surface area (Å²) in [6, 6.07) is 24.6. The Kier molecular flexibility index (Phi) is 9.06. The number of ether oxygens (including phenoxy) is 3. The Labute approximate surface area is 174 Å². The molecule has 0 unspecified atom stereocenters. The standard InChI is InChI=1S/C24H26O3.CH5N/c1-25-22-13-7-4-10-18(22)16-20(21-12-6-9-15-24(21)27-3)17-19-11-5-8-14-23(19)26-2;1-2/h4-15,20H,16-17H2,1-3H3;2H2,1H3. The minimum atomic E-state index is 0.230. The summed E-state index contributed by atoms with van der Waals surface area (Å²) in [6.07, 6.45) is 1.70. The monoisotopic (exact) mass is 393 g/mol. The average molecular weight is 394 g/mol. The molecule has 0 aromatic heterocycles. The molecule has 0 saturated heterocycles. The Morgan fingerprint density at radius 3 is 1.41 bits per heavy atom. The van der Waals surface area contributed by atoms with Crippen molar-refractivity contribution < 1.29 is 14.2 Å². The van der Waals surface area contributed by atoms with Crippen LogP contribution in [-0.2, 0) is 12.8 Å². The van der Waals surface area contributed by atoms with Gasteiger partial charge in [0.25, 0.3) is 0 Å². The molecule has 0 heterocycles. The van der Waals surface area contributed by atoms with E-state index in [0.717, 1.165) is 30.1 Å². The van der Waals surface area contributed by atoms with E-state index in [1.807, 2.05) is 36.4 Å². The maximum Gasteiger partial charge on any atom is 0.122 e. The molecular weight excluding hydrogens is 362 g/mol. The third-order valence-corrected chi connectivity index (χ3v) is 4.90. The molecule has 29 heavy (non-hydrogen) atoms. The Balaban J connectivity index is 0.00000145. The summed E-state index contributed by atoms with van der Waals surface area (Å²) in [5.41, 5.74) is 8.06. The normalized spacial score (nSPS) is 10.1. The van der Waals surface area contributed by atoms with Gasteiger partial charge < -0.3 is 19.9 Å². The Hall–Kier alpha value is -2.98. The van der Waals surface area contributed by atoms with Gasteiger partial charge in [0.05, 0.1) is 21.3 Å². The van der Waals surface area contributed by atoms with Crippen molar-refractivity contribution >= 4 is 0 Å². The minimum absolute atomic E-state index is 0.230. The summed E-state index contributed by atoms with van der Waals surface area (Å²) >= 11 is 0. The Bertz CT molecular complexity index is 830. The van der Waals surface area contributed by atoms with E-state index in [-0.39, 0.29) is 5.92 Å². The molecule has 0 radical (unpaired) electrons. The molecule has 0 fully saturated rings.